The second kappa shape index (κ2) is 8.63. The Morgan fingerprint density at radius 3 is 2.57 bits per heavy atom. The standard InChI is InChI=1S/C22H24N6/c1-23-22-26-9-8-21(27-22)19-14-18(15-25-16-19)3-2-17-4-6-20(7-5-17)28-12-10-24-11-13-28/h2-9,14-16,24H,10-13H2,1H3,(H,23,26,27). The van der Waals surface area contributed by atoms with Gasteiger partial charge in [-0.15, -0.1) is 0 Å². The lowest BCUT2D eigenvalue weighted by Gasteiger charge is -2.29. The highest BCUT2D eigenvalue weighted by molar-refractivity contribution is 5.72. The van der Waals surface area contributed by atoms with Crippen molar-refractivity contribution in [3.05, 3.63) is 66.1 Å². The van der Waals surface area contributed by atoms with Crippen molar-refractivity contribution in [2.45, 2.75) is 0 Å². The molecule has 0 aliphatic carbocycles. The second-order valence-electron chi connectivity index (χ2n) is 6.68. The number of aromatic nitrogens is 3. The van der Waals surface area contributed by atoms with Crippen molar-refractivity contribution in [3.8, 4) is 11.3 Å². The first-order chi connectivity index (χ1) is 13.8. The minimum absolute atomic E-state index is 0.600. The van der Waals surface area contributed by atoms with E-state index in [-0.39, 0.29) is 0 Å². The van der Waals surface area contributed by atoms with Crippen LogP contribution in [0.15, 0.2) is 55.0 Å². The van der Waals surface area contributed by atoms with Crippen molar-refractivity contribution in [1.29, 1.82) is 0 Å². The lowest BCUT2D eigenvalue weighted by atomic mass is 10.1. The van der Waals surface area contributed by atoms with Crippen LogP contribution in [-0.2, 0) is 0 Å². The molecule has 1 aliphatic heterocycles. The summed E-state index contributed by atoms with van der Waals surface area (Å²) in [6, 6.07) is 12.7. The summed E-state index contributed by atoms with van der Waals surface area (Å²) in [4.78, 5) is 15.4. The number of rotatable bonds is 5. The molecule has 142 valence electrons. The molecule has 3 heterocycles. The molecule has 0 bridgehead atoms. The van der Waals surface area contributed by atoms with Crippen LogP contribution in [0.25, 0.3) is 23.4 Å². The summed E-state index contributed by atoms with van der Waals surface area (Å²) in [6.07, 6.45) is 9.62. The van der Waals surface area contributed by atoms with Gasteiger partial charge in [-0.2, -0.15) is 0 Å². The van der Waals surface area contributed by atoms with Crippen LogP contribution >= 0.6 is 0 Å². The van der Waals surface area contributed by atoms with Gasteiger partial charge in [-0.1, -0.05) is 24.3 Å². The predicted molar refractivity (Wildman–Crippen MR) is 115 cm³/mol. The van der Waals surface area contributed by atoms with E-state index in [9.17, 15) is 0 Å². The first-order valence-corrected chi connectivity index (χ1v) is 9.52. The Balaban J connectivity index is 1.48. The van der Waals surface area contributed by atoms with Gasteiger partial charge in [-0.3, -0.25) is 4.98 Å². The number of hydrogen-bond donors (Lipinski definition) is 2. The zero-order chi connectivity index (χ0) is 19.2. The molecule has 1 aromatic carbocycles. The van der Waals surface area contributed by atoms with E-state index < -0.39 is 0 Å². The topological polar surface area (TPSA) is 66.0 Å². The SMILES string of the molecule is CNc1nccc(-c2cncc(C=Cc3ccc(N4CCNCC4)cc3)c2)n1. The molecule has 4 rings (SSSR count). The second-order valence-corrected chi connectivity index (χ2v) is 6.68. The van der Waals surface area contributed by atoms with Crippen LogP contribution < -0.4 is 15.5 Å². The van der Waals surface area contributed by atoms with Gasteiger partial charge in [0, 0.05) is 63.1 Å². The number of piperazine rings is 1. The summed E-state index contributed by atoms with van der Waals surface area (Å²) in [6.45, 7) is 4.22. The Kier molecular flexibility index (Phi) is 5.58. The molecule has 2 N–H and O–H groups in total. The maximum atomic E-state index is 4.48. The predicted octanol–water partition coefficient (Wildman–Crippen LogP) is 3.16. The average Bonchev–Trinajstić information content (AvgIpc) is 2.79. The van der Waals surface area contributed by atoms with Crippen molar-refractivity contribution in [2.24, 2.45) is 0 Å². The van der Waals surface area contributed by atoms with Crippen LogP contribution in [0, 0.1) is 0 Å². The van der Waals surface area contributed by atoms with Gasteiger partial charge in [0.15, 0.2) is 0 Å². The van der Waals surface area contributed by atoms with Gasteiger partial charge < -0.3 is 15.5 Å². The first kappa shape index (κ1) is 18.1. The molecule has 1 aliphatic rings. The Morgan fingerprint density at radius 2 is 1.79 bits per heavy atom. The molecule has 6 nitrogen and oxygen atoms in total. The molecule has 0 saturated carbocycles. The third-order valence-electron chi connectivity index (χ3n) is 4.78. The van der Waals surface area contributed by atoms with Gasteiger partial charge in [0.05, 0.1) is 5.69 Å². The maximum absolute atomic E-state index is 4.48. The number of benzene rings is 1. The van der Waals surface area contributed by atoms with E-state index in [1.807, 2.05) is 25.5 Å². The van der Waals surface area contributed by atoms with Gasteiger partial charge in [-0.05, 0) is 35.4 Å². The molecule has 0 unspecified atom stereocenters. The Labute approximate surface area is 165 Å². The highest BCUT2D eigenvalue weighted by Gasteiger charge is 2.09. The lowest BCUT2D eigenvalue weighted by molar-refractivity contribution is 0.589. The summed E-state index contributed by atoms with van der Waals surface area (Å²) < 4.78 is 0. The summed E-state index contributed by atoms with van der Waals surface area (Å²) >= 11 is 0. The van der Waals surface area contributed by atoms with Gasteiger partial charge in [0.2, 0.25) is 5.95 Å². The van der Waals surface area contributed by atoms with Gasteiger partial charge in [0.25, 0.3) is 0 Å². The van der Waals surface area contributed by atoms with Gasteiger partial charge in [-0.25, -0.2) is 9.97 Å². The normalized spacial score (nSPS) is 14.4. The van der Waals surface area contributed by atoms with E-state index >= 15 is 0 Å². The van der Waals surface area contributed by atoms with E-state index in [2.05, 4.69) is 73.0 Å². The number of anilines is 2. The third kappa shape index (κ3) is 4.35. The van der Waals surface area contributed by atoms with E-state index in [0.29, 0.717) is 5.95 Å². The maximum Gasteiger partial charge on any atom is 0.222 e. The highest BCUT2D eigenvalue weighted by atomic mass is 15.2. The zero-order valence-electron chi connectivity index (χ0n) is 16.0. The van der Waals surface area contributed by atoms with Crippen molar-refractivity contribution in [3.63, 3.8) is 0 Å². The van der Waals surface area contributed by atoms with Crippen LogP contribution in [0.1, 0.15) is 11.1 Å². The molecule has 2 aromatic heterocycles. The Hall–Kier alpha value is -3.25. The first-order valence-electron chi connectivity index (χ1n) is 9.52. The Morgan fingerprint density at radius 1 is 1.00 bits per heavy atom. The minimum atomic E-state index is 0.600. The van der Waals surface area contributed by atoms with Gasteiger partial charge in [0.1, 0.15) is 0 Å². The van der Waals surface area contributed by atoms with Gasteiger partial charge >= 0.3 is 0 Å². The highest BCUT2D eigenvalue weighted by Crippen LogP contribution is 2.20. The van der Waals surface area contributed by atoms with E-state index in [0.717, 1.165) is 43.0 Å². The minimum Gasteiger partial charge on any atom is -0.369 e. The summed E-state index contributed by atoms with van der Waals surface area (Å²) in [5.74, 6) is 0.600. The molecule has 3 aromatic rings. The molecular weight excluding hydrogens is 348 g/mol. The monoisotopic (exact) mass is 372 g/mol. The number of hydrogen-bond acceptors (Lipinski definition) is 6. The molecule has 6 heteroatoms. The third-order valence-corrected chi connectivity index (χ3v) is 4.78. The van der Waals surface area contributed by atoms with E-state index in [1.165, 1.54) is 11.3 Å². The molecule has 0 spiro atoms. The van der Waals surface area contributed by atoms with Crippen molar-refractivity contribution in [2.75, 3.05) is 43.4 Å². The fraction of sp³-hybridized carbons (Fsp3) is 0.227. The van der Waals surface area contributed by atoms with Crippen molar-refractivity contribution >= 4 is 23.8 Å². The quantitative estimate of drug-likeness (QED) is 0.717. The average molecular weight is 372 g/mol. The van der Waals surface area contributed by atoms with Crippen molar-refractivity contribution < 1.29 is 0 Å². The Bertz CT molecular complexity index is 945. The molecule has 0 radical (unpaired) electrons. The van der Waals surface area contributed by atoms with Crippen LogP contribution in [0.3, 0.4) is 0 Å². The molecule has 1 fully saturated rings. The van der Waals surface area contributed by atoms with Crippen LogP contribution in [-0.4, -0.2) is 48.2 Å². The molecule has 1 saturated heterocycles. The summed E-state index contributed by atoms with van der Waals surface area (Å²) in [5, 5.41) is 6.35. The summed E-state index contributed by atoms with van der Waals surface area (Å²) in [7, 11) is 1.81. The molecule has 28 heavy (non-hydrogen) atoms. The zero-order valence-corrected chi connectivity index (χ0v) is 16.0. The smallest absolute Gasteiger partial charge is 0.222 e. The molecule has 0 atom stereocenters. The van der Waals surface area contributed by atoms with E-state index in [4.69, 9.17) is 0 Å². The lowest BCUT2D eigenvalue weighted by Crippen LogP contribution is -2.43. The number of nitrogens with zero attached hydrogens (tertiary/aromatic N) is 4. The molecule has 0 amide bonds. The van der Waals surface area contributed by atoms with Crippen LogP contribution in [0.2, 0.25) is 0 Å². The largest absolute Gasteiger partial charge is 0.369 e. The summed E-state index contributed by atoms with van der Waals surface area (Å²) in [5.41, 5.74) is 5.31. The van der Waals surface area contributed by atoms with E-state index in [1.54, 1.807) is 6.20 Å². The fourth-order valence-electron chi connectivity index (χ4n) is 3.24. The number of pyridine rings is 1. The fourth-order valence-corrected chi connectivity index (χ4v) is 3.24. The van der Waals surface area contributed by atoms with Crippen LogP contribution in [0.4, 0.5) is 11.6 Å². The van der Waals surface area contributed by atoms with Crippen LogP contribution in [0.5, 0.6) is 0 Å². The number of nitrogens with one attached hydrogen (secondary N) is 2. The van der Waals surface area contributed by atoms with Crippen molar-refractivity contribution in [1.82, 2.24) is 20.3 Å². The molecular formula is C22H24N6.